The fourth-order valence-corrected chi connectivity index (χ4v) is 4.65. The van der Waals surface area contributed by atoms with Crippen molar-refractivity contribution in [1.29, 1.82) is 0 Å². The fourth-order valence-electron chi connectivity index (χ4n) is 0.584. The third-order valence-electron chi connectivity index (χ3n) is 1.63. The zero-order valence-corrected chi connectivity index (χ0v) is 10.7. The van der Waals surface area contributed by atoms with Crippen LogP contribution in [0.25, 0.3) is 0 Å². The summed E-state index contributed by atoms with van der Waals surface area (Å²) < 4.78 is 34.4. The van der Waals surface area contributed by atoms with E-state index in [9.17, 15) is 8.42 Å². The Balaban J connectivity index is 3.58. The molecular weight excluding hydrogens is 228 g/mol. The van der Waals surface area contributed by atoms with Crippen LogP contribution in [0.15, 0.2) is 0 Å². The molecule has 80 valence electrons. The lowest BCUT2D eigenvalue weighted by atomic mass is 11.0. The van der Waals surface area contributed by atoms with Crippen LogP contribution in [0.1, 0.15) is 0 Å². The third-order valence-corrected chi connectivity index (χ3v) is 6.91. The van der Waals surface area contributed by atoms with Gasteiger partial charge in [-0.2, -0.15) is 8.42 Å². The smallest absolute Gasteiger partial charge is 0.274 e. The van der Waals surface area contributed by atoms with Crippen LogP contribution in [0, 0.1) is 0 Å². The molecule has 0 spiro atoms. The van der Waals surface area contributed by atoms with E-state index in [-0.39, 0.29) is 5.08 Å². The zero-order chi connectivity index (χ0) is 10.5. The van der Waals surface area contributed by atoms with E-state index in [1.807, 2.05) is 0 Å². The van der Waals surface area contributed by atoms with Gasteiger partial charge in [0.05, 0.1) is 0 Å². The quantitative estimate of drug-likeness (QED) is 0.435. The van der Waals surface area contributed by atoms with Crippen molar-refractivity contribution in [3.8, 4) is 0 Å². The third kappa shape index (κ3) is 8.76. The van der Waals surface area contributed by atoms with Crippen LogP contribution in [0.4, 0.5) is 0 Å². The summed E-state index contributed by atoms with van der Waals surface area (Å²) in [6.45, 7) is 4.14. The van der Waals surface area contributed by atoms with E-state index in [2.05, 4.69) is 13.1 Å². The molecule has 7 heteroatoms. The highest BCUT2D eigenvalue weighted by atomic mass is 32.3. The summed E-state index contributed by atoms with van der Waals surface area (Å²) in [5.41, 5.74) is 0. The second kappa shape index (κ2) is 5.35. The molecule has 0 bridgehead atoms. The minimum atomic E-state index is -3.81. The number of hydrogen-bond donors (Lipinski definition) is 1. The Kier molecular flexibility index (Phi) is 5.53. The summed E-state index contributed by atoms with van der Waals surface area (Å²) in [4.78, 5) is 0. The minimum Gasteiger partial charge on any atom is -0.420 e. The zero-order valence-electron chi connectivity index (χ0n) is 8.11. The van der Waals surface area contributed by atoms with Gasteiger partial charge in [0.1, 0.15) is 5.08 Å². The fraction of sp³-hybridized carbons (Fsp3) is 1.00. The van der Waals surface area contributed by atoms with Gasteiger partial charge in [0.15, 0.2) is 8.32 Å². The summed E-state index contributed by atoms with van der Waals surface area (Å²) in [6, 6.07) is 0.893. The molecule has 0 saturated carbocycles. The molecule has 0 radical (unpaired) electrons. The maximum atomic E-state index is 10.3. The standard InChI is InChI=1S/C6H16O4S2Si/c1-10-13(2,3)5-4-11-6-12(7,8)9/h4-6H2,1-3H3,(H,7,8,9). The van der Waals surface area contributed by atoms with Crippen LogP contribution in [0.2, 0.25) is 19.1 Å². The molecule has 0 aromatic carbocycles. The highest BCUT2D eigenvalue weighted by molar-refractivity contribution is 8.10. The lowest BCUT2D eigenvalue weighted by molar-refractivity contribution is 0.405. The molecule has 1 N–H and O–H groups in total. The molecule has 0 aliphatic carbocycles. The van der Waals surface area contributed by atoms with E-state index < -0.39 is 18.4 Å². The molecule has 0 rings (SSSR count). The van der Waals surface area contributed by atoms with E-state index >= 15 is 0 Å². The number of rotatable bonds is 6. The van der Waals surface area contributed by atoms with E-state index in [1.54, 1.807) is 7.11 Å². The average molecular weight is 244 g/mol. The van der Waals surface area contributed by atoms with Gasteiger partial charge < -0.3 is 4.43 Å². The molecule has 0 aliphatic rings. The van der Waals surface area contributed by atoms with Crippen LogP contribution in [-0.4, -0.2) is 39.2 Å². The Morgan fingerprint density at radius 1 is 1.46 bits per heavy atom. The predicted molar refractivity (Wildman–Crippen MR) is 58.2 cm³/mol. The van der Waals surface area contributed by atoms with E-state index in [1.165, 1.54) is 11.8 Å². The van der Waals surface area contributed by atoms with E-state index in [4.69, 9.17) is 8.98 Å². The Labute approximate surface area is 84.9 Å². The maximum Gasteiger partial charge on any atom is 0.274 e. The molecule has 0 aromatic rings. The van der Waals surface area contributed by atoms with Crippen LogP contribution >= 0.6 is 11.8 Å². The first-order valence-corrected chi connectivity index (χ1v) is 9.73. The van der Waals surface area contributed by atoms with Gasteiger partial charge in [-0.15, -0.1) is 11.8 Å². The van der Waals surface area contributed by atoms with Crippen LogP contribution in [0.5, 0.6) is 0 Å². The molecule has 0 amide bonds. The first-order valence-electron chi connectivity index (χ1n) is 3.85. The molecule has 0 saturated heterocycles. The summed E-state index contributed by atoms with van der Waals surface area (Å²) in [5, 5.41) is -0.221. The van der Waals surface area contributed by atoms with Crippen molar-refractivity contribution >= 4 is 30.2 Å². The van der Waals surface area contributed by atoms with Gasteiger partial charge in [0.2, 0.25) is 0 Å². The van der Waals surface area contributed by atoms with Crippen molar-refractivity contribution in [2.24, 2.45) is 0 Å². The van der Waals surface area contributed by atoms with Crippen molar-refractivity contribution in [1.82, 2.24) is 0 Å². The van der Waals surface area contributed by atoms with E-state index in [0.717, 1.165) is 6.04 Å². The van der Waals surface area contributed by atoms with Gasteiger partial charge in [-0.3, -0.25) is 4.55 Å². The molecule has 0 aliphatic heterocycles. The summed E-state index contributed by atoms with van der Waals surface area (Å²) in [7, 11) is -3.70. The second-order valence-electron chi connectivity index (χ2n) is 3.32. The number of thioether (sulfide) groups is 1. The maximum absolute atomic E-state index is 10.3. The van der Waals surface area contributed by atoms with Gasteiger partial charge in [-0.1, -0.05) is 0 Å². The van der Waals surface area contributed by atoms with Crippen LogP contribution in [-0.2, 0) is 14.5 Å². The molecule has 13 heavy (non-hydrogen) atoms. The molecule has 0 unspecified atom stereocenters. The van der Waals surface area contributed by atoms with Gasteiger partial charge >= 0.3 is 0 Å². The monoisotopic (exact) mass is 244 g/mol. The molecule has 0 fully saturated rings. The Morgan fingerprint density at radius 3 is 2.38 bits per heavy atom. The van der Waals surface area contributed by atoms with Crippen molar-refractivity contribution < 1.29 is 17.4 Å². The van der Waals surface area contributed by atoms with Crippen molar-refractivity contribution in [2.75, 3.05) is 17.9 Å². The summed E-state index contributed by atoms with van der Waals surface area (Å²) in [6.07, 6.45) is 0. The van der Waals surface area contributed by atoms with Gasteiger partial charge in [-0.05, 0) is 24.9 Å². The molecular formula is C6H16O4S2Si. The van der Waals surface area contributed by atoms with Crippen molar-refractivity contribution in [3.05, 3.63) is 0 Å². The lowest BCUT2D eigenvalue weighted by Gasteiger charge is -2.18. The van der Waals surface area contributed by atoms with Gasteiger partial charge in [0, 0.05) is 7.11 Å². The molecule has 0 heterocycles. The average Bonchev–Trinajstić information content (AvgIpc) is 1.97. The molecule has 0 aromatic heterocycles. The predicted octanol–water partition coefficient (Wildman–Crippen LogP) is 1.42. The summed E-state index contributed by atoms with van der Waals surface area (Å²) >= 11 is 1.22. The Hall–Kier alpha value is 0.437. The first kappa shape index (κ1) is 13.4. The van der Waals surface area contributed by atoms with Crippen molar-refractivity contribution in [3.63, 3.8) is 0 Å². The largest absolute Gasteiger partial charge is 0.420 e. The highest BCUT2D eigenvalue weighted by Crippen LogP contribution is 2.15. The van der Waals surface area contributed by atoms with Crippen LogP contribution < -0.4 is 0 Å². The van der Waals surface area contributed by atoms with E-state index in [0.29, 0.717) is 5.75 Å². The van der Waals surface area contributed by atoms with Gasteiger partial charge in [-0.25, -0.2) is 0 Å². The SMILES string of the molecule is CO[Si](C)(C)CCSCS(=O)(=O)O. The Bertz CT molecular complexity index is 237. The van der Waals surface area contributed by atoms with Crippen LogP contribution in [0.3, 0.4) is 0 Å². The number of hydrogen-bond acceptors (Lipinski definition) is 4. The van der Waals surface area contributed by atoms with Gasteiger partial charge in [0.25, 0.3) is 10.1 Å². The lowest BCUT2D eigenvalue weighted by Crippen LogP contribution is -2.29. The normalized spacial score (nSPS) is 13.2. The Morgan fingerprint density at radius 2 is 2.00 bits per heavy atom. The summed E-state index contributed by atoms with van der Waals surface area (Å²) in [5.74, 6) is 0.715. The van der Waals surface area contributed by atoms with Crippen molar-refractivity contribution in [2.45, 2.75) is 19.1 Å². The molecule has 4 nitrogen and oxygen atoms in total. The topological polar surface area (TPSA) is 63.6 Å². The first-order chi connectivity index (χ1) is 5.77. The molecule has 0 atom stereocenters. The minimum absolute atomic E-state index is 0.221. The highest BCUT2D eigenvalue weighted by Gasteiger charge is 2.20. The second-order valence-corrected chi connectivity index (χ2v) is 10.7.